The Morgan fingerprint density at radius 1 is 0.906 bits per heavy atom. The van der Waals surface area contributed by atoms with Gasteiger partial charge in [-0.3, -0.25) is 4.55 Å². The first-order valence-corrected chi connectivity index (χ1v) is 12.3. The van der Waals surface area contributed by atoms with E-state index in [-0.39, 0.29) is 4.90 Å². The normalized spacial score (nSPS) is 14.1. The fraction of sp³-hybridized carbons (Fsp3) is 0.259. The Kier molecular flexibility index (Phi) is 8.02. The van der Waals surface area contributed by atoms with Crippen molar-refractivity contribution in [3.05, 3.63) is 106 Å². The van der Waals surface area contributed by atoms with E-state index in [0.717, 1.165) is 31.4 Å². The van der Waals surface area contributed by atoms with Crippen molar-refractivity contribution in [2.24, 2.45) is 0 Å². The Morgan fingerprint density at radius 3 is 2.28 bits per heavy atom. The van der Waals surface area contributed by atoms with Crippen molar-refractivity contribution in [2.75, 3.05) is 13.6 Å². The molecule has 2 N–H and O–H groups in total. The molecular weight excluding hydrogens is 418 g/mol. The van der Waals surface area contributed by atoms with Gasteiger partial charge in [-0.2, -0.15) is 8.42 Å². The predicted octanol–water partition coefficient (Wildman–Crippen LogP) is 5.38. The van der Waals surface area contributed by atoms with E-state index in [1.807, 2.05) is 14.0 Å². The molecule has 0 radical (unpaired) electrons. The summed E-state index contributed by atoms with van der Waals surface area (Å²) >= 11 is 0. The van der Waals surface area contributed by atoms with Crippen LogP contribution in [0.5, 0.6) is 0 Å². The largest absolute Gasteiger partial charge is 0.319 e. The van der Waals surface area contributed by atoms with Crippen molar-refractivity contribution in [3.8, 4) is 0 Å². The van der Waals surface area contributed by atoms with Crippen LogP contribution < -0.4 is 5.32 Å². The first kappa shape index (κ1) is 23.9. The van der Waals surface area contributed by atoms with Crippen molar-refractivity contribution < 1.29 is 13.0 Å². The standard InChI is InChI=1S/C20H23N.C7H8O3S/c1-15-7-5-10-19-17(15)13-12-16-8-3-4-9-18(16)20(19)11-6-14-21-2;1-6-2-4-7(5-3-6)11(8,9)10/h3-5,7-11,21H,6,12-14H2,1-2H3;2-5H,1H3,(H,8,9,10). The zero-order chi connectivity index (χ0) is 23.1. The highest BCUT2D eigenvalue weighted by molar-refractivity contribution is 7.85. The number of hydrogen-bond donors (Lipinski definition) is 2. The summed E-state index contributed by atoms with van der Waals surface area (Å²) in [7, 11) is -2.01. The summed E-state index contributed by atoms with van der Waals surface area (Å²) < 4.78 is 29.6. The number of rotatable bonds is 4. The van der Waals surface area contributed by atoms with Gasteiger partial charge in [0.25, 0.3) is 10.1 Å². The zero-order valence-corrected chi connectivity index (χ0v) is 19.7. The van der Waals surface area contributed by atoms with E-state index < -0.39 is 10.1 Å². The van der Waals surface area contributed by atoms with Crippen LogP contribution >= 0.6 is 0 Å². The van der Waals surface area contributed by atoms with Crippen LogP contribution in [0.3, 0.4) is 0 Å². The van der Waals surface area contributed by atoms with Crippen molar-refractivity contribution >= 4 is 15.7 Å². The maximum Gasteiger partial charge on any atom is 0.294 e. The Hall–Kier alpha value is -2.73. The summed E-state index contributed by atoms with van der Waals surface area (Å²) in [5, 5.41) is 3.24. The SMILES string of the molecule is CNCCC=C1c2ccccc2CCc2c(C)cccc21.Cc1ccc(S(=O)(=O)O)cc1. The molecule has 3 aromatic rings. The first-order chi connectivity index (χ1) is 15.3. The molecule has 0 amide bonds. The average molecular weight is 450 g/mol. The molecule has 1 aliphatic carbocycles. The molecule has 0 fully saturated rings. The van der Waals surface area contributed by atoms with Crippen LogP contribution in [0.2, 0.25) is 0 Å². The molecule has 0 atom stereocenters. The fourth-order valence-electron chi connectivity index (χ4n) is 3.98. The monoisotopic (exact) mass is 449 g/mol. The molecule has 4 rings (SSSR count). The molecule has 0 saturated heterocycles. The number of aryl methyl sites for hydroxylation is 3. The van der Waals surface area contributed by atoms with Crippen LogP contribution in [-0.4, -0.2) is 26.6 Å². The molecule has 0 aliphatic heterocycles. The molecule has 0 spiro atoms. The van der Waals surface area contributed by atoms with Crippen LogP contribution in [0.25, 0.3) is 5.57 Å². The molecule has 3 aromatic carbocycles. The molecule has 0 bridgehead atoms. The summed E-state index contributed by atoms with van der Waals surface area (Å²) in [6.07, 6.45) is 5.74. The van der Waals surface area contributed by atoms with E-state index in [9.17, 15) is 8.42 Å². The molecule has 168 valence electrons. The average Bonchev–Trinajstić information content (AvgIpc) is 2.92. The minimum atomic E-state index is -4.02. The molecule has 4 nitrogen and oxygen atoms in total. The summed E-state index contributed by atoms with van der Waals surface area (Å²) in [5.74, 6) is 0. The van der Waals surface area contributed by atoms with E-state index >= 15 is 0 Å². The Labute approximate surface area is 191 Å². The lowest BCUT2D eigenvalue weighted by Crippen LogP contribution is -2.06. The van der Waals surface area contributed by atoms with E-state index in [2.05, 4.69) is 60.8 Å². The third-order valence-corrected chi connectivity index (χ3v) is 6.58. The first-order valence-electron chi connectivity index (χ1n) is 10.9. The van der Waals surface area contributed by atoms with Gasteiger partial charge in [-0.05, 0) is 92.2 Å². The Balaban J connectivity index is 0.000000222. The van der Waals surface area contributed by atoms with Gasteiger partial charge in [0.15, 0.2) is 0 Å². The van der Waals surface area contributed by atoms with Gasteiger partial charge < -0.3 is 5.32 Å². The highest BCUT2D eigenvalue weighted by Crippen LogP contribution is 2.34. The highest BCUT2D eigenvalue weighted by Gasteiger charge is 2.18. The number of benzene rings is 3. The Morgan fingerprint density at radius 2 is 1.59 bits per heavy atom. The van der Waals surface area contributed by atoms with Gasteiger partial charge in [0.1, 0.15) is 0 Å². The van der Waals surface area contributed by atoms with E-state index in [4.69, 9.17) is 4.55 Å². The predicted molar refractivity (Wildman–Crippen MR) is 132 cm³/mol. The summed E-state index contributed by atoms with van der Waals surface area (Å²) in [6.45, 7) is 5.10. The van der Waals surface area contributed by atoms with Gasteiger partial charge in [0.2, 0.25) is 0 Å². The molecule has 0 aromatic heterocycles. The minimum absolute atomic E-state index is 0.0666. The van der Waals surface area contributed by atoms with Crippen LogP contribution in [0.4, 0.5) is 0 Å². The van der Waals surface area contributed by atoms with Gasteiger partial charge in [0, 0.05) is 0 Å². The highest BCUT2D eigenvalue weighted by atomic mass is 32.2. The van der Waals surface area contributed by atoms with Crippen LogP contribution in [0.1, 0.15) is 39.8 Å². The molecule has 1 aliphatic rings. The van der Waals surface area contributed by atoms with Gasteiger partial charge in [-0.25, -0.2) is 0 Å². The summed E-state index contributed by atoms with van der Waals surface area (Å²) in [5.41, 5.74) is 9.62. The van der Waals surface area contributed by atoms with Gasteiger partial charge in [0.05, 0.1) is 4.90 Å². The second kappa shape index (κ2) is 10.7. The lowest BCUT2D eigenvalue weighted by atomic mass is 9.91. The van der Waals surface area contributed by atoms with Gasteiger partial charge >= 0.3 is 0 Å². The summed E-state index contributed by atoms with van der Waals surface area (Å²) in [6, 6.07) is 21.6. The fourth-order valence-corrected chi connectivity index (χ4v) is 4.46. The number of nitrogens with one attached hydrogen (secondary N) is 1. The molecule has 0 saturated carbocycles. The maximum absolute atomic E-state index is 10.5. The second-order valence-corrected chi connectivity index (χ2v) is 9.48. The minimum Gasteiger partial charge on any atom is -0.319 e. The molecule has 0 unspecified atom stereocenters. The van der Waals surface area contributed by atoms with E-state index in [1.165, 1.54) is 45.5 Å². The topological polar surface area (TPSA) is 66.4 Å². The maximum atomic E-state index is 10.5. The van der Waals surface area contributed by atoms with Crippen LogP contribution in [-0.2, 0) is 23.0 Å². The molecule has 32 heavy (non-hydrogen) atoms. The lowest BCUT2D eigenvalue weighted by molar-refractivity contribution is 0.483. The van der Waals surface area contributed by atoms with Gasteiger partial charge in [-0.1, -0.05) is 66.2 Å². The third kappa shape index (κ3) is 5.94. The zero-order valence-electron chi connectivity index (χ0n) is 18.9. The number of hydrogen-bond acceptors (Lipinski definition) is 3. The van der Waals surface area contributed by atoms with Crippen molar-refractivity contribution in [1.29, 1.82) is 0 Å². The molecule has 5 heteroatoms. The lowest BCUT2D eigenvalue weighted by Gasteiger charge is -2.13. The van der Waals surface area contributed by atoms with Gasteiger partial charge in [-0.15, -0.1) is 0 Å². The second-order valence-electron chi connectivity index (χ2n) is 8.06. The Bertz CT molecular complexity index is 1200. The van der Waals surface area contributed by atoms with Crippen LogP contribution in [0.15, 0.2) is 77.7 Å². The van der Waals surface area contributed by atoms with Crippen molar-refractivity contribution in [1.82, 2.24) is 5.32 Å². The quantitative estimate of drug-likeness (QED) is 0.415. The molecule has 0 heterocycles. The third-order valence-electron chi connectivity index (χ3n) is 5.71. The van der Waals surface area contributed by atoms with E-state index in [1.54, 1.807) is 12.1 Å². The number of fused-ring (bicyclic) bond motifs is 2. The molecular formula is C27H31NO3S. The van der Waals surface area contributed by atoms with E-state index in [0.29, 0.717) is 0 Å². The van der Waals surface area contributed by atoms with Crippen molar-refractivity contribution in [3.63, 3.8) is 0 Å². The summed E-state index contributed by atoms with van der Waals surface area (Å²) in [4.78, 5) is -0.0666. The van der Waals surface area contributed by atoms with Crippen LogP contribution in [0, 0.1) is 13.8 Å². The smallest absolute Gasteiger partial charge is 0.294 e. The van der Waals surface area contributed by atoms with Crippen molar-refractivity contribution in [2.45, 2.75) is 38.0 Å².